The second kappa shape index (κ2) is 31.0. The van der Waals surface area contributed by atoms with Crippen LogP contribution in [-0.4, -0.2) is 165 Å². The maximum Gasteiger partial charge on any atom is 0.417 e. The monoisotopic (exact) mass is 1280 g/mol. The van der Waals surface area contributed by atoms with Gasteiger partial charge in [0.1, 0.15) is 17.9 Å². The van der Waals surface area contributed by atoms with Crippen LogP contribution in [0.5, 0.6) is 0 Å². The summed E-state index contributed by atoms with van der Waals surface area (Å²) in [6.07, 6.45) is 5.30. The van der Waals surface area contributed by atoms with Gasteiger partial charge < -0.3 is 51.0 Å². The number of unbranched alkanes of at least 4 members (excludes halogenated alkanes) is 7. The Morgan fingerprint density at radius 1 is 0.780 bits per heavy atom. The number of piperazine rings is 2. The second-order valence-corrected chi connectivity index (χ2v) is 26.1. The van der Waals surface area contributed by atoms with E-state index in [1.807, 2.05) is 82.7 Å². The van der Waals surface area contributed by atoms with Gasteiger partial charge in [-0.25, -0.2) is 19.3 Å². The number of likely N-dealkylation sites (N-methyl/N-ethyl adjacent to an activating group) is 1. The van der Waals surface area contributed by atoms with Gasteiger partial charge in [-0.15, -0.1) is 11.3 Å². The molecule has 0 aliphatic carbocycles. The van der Waals surface area contributed by atoms with Crippen LogP contribution in [0.1, 0.15) is 139 Å². The van der Waals surface area contributed by atoms with E-state index in [4.69, 9.17) is 0 Å². The molecule has 5 aromatic rings. The van der Waals surface area contributed by atoms with Gasteiger partial charge >= 0.3 is 6.18 Å². The summed E-state index contributed by atoms with van der Waals surface area (Å²) in [6, 6.07) is 9.03. The number of amides is 6. The molecule has 3 aliphatic rings. The number of β-amino-alcohol motifs (C(OH)–C–C–N with tert-alkyl or cyclic N) is 1. The highest BCUT2D eigenvalue weighted by Crippen LogP contribution is 2.38. The smallest absolute Gasteiger partial charge is 0.391 e. The van der Waals surface area contributed by atoms with Crippen molar-refractivity contribution in [2.24, 2.45) is 5.41 Å². The van der Waals surface area contributed by atoms with Crippen molar-refractivity contribution < 1.29 is 51.4 Å². The zero-order valence-corrected chi connectivity index (χ0v) is 53.7. The maximum absolute atomic E-state index is 16.2. The summed E-state index contributed by atoms with van der Waals surface area (Å²) >= 11 is 1.57. The number of carbonyl (C=O) groups is 6. The molecule has 0 saturated carbocycles. The van der Waals surface area contributed by atoms with Crippen molar-refractivity contribution in [3.8, 4) is 21.6 Å². The van der Waals surface area contributed by atoms with E-state index in [1.165, 1.54) is 29.4 Å². The van der Waals surface area contributed by atoms with Crippen LogP contribution >= 0.6 is 11.3 Å². The Balaban J connectivity index is 0.696. The number of carbonyl (C=O) groups excluding carboxylic acids is 6. The van der Waals surface area contributed by atoms with E-state index >= 15 is 4.39 Å². The van der Waals surface area contributed by atoms with Crippen molar-refractivity contribution in [2.75, 3.05) is 74.5 Å². The molecule has 6 amide bonds. The Morgan fingerprint density at radius 2 is 1.43 bits per heavy atom. The average Bonchev–Trinajstić information content (AvgIpc) is 1.33. The van der Waals surface area contributed by atoms with Crippen molar-refractivity contribution in [2.45, 2.75) is 162 Å². The van der Waals surface area contributed by atoms with Gasteiger partial charge in [0.25, 0.3) is 5.91 Å². The third-order valence-electron chi connectivity index (χ3n) is 17.3. The van der Waals surface area contributed by atoms with E-state index in [0.717, 1.165) is 66.6 Å². The number of halogens is 4. The van der Waals surface area contributed by atoms with E-state index in [0.29, 0.717) is 70.4 Å². The van der Waals surface area contributed by atoms with Crippen LogP contribution < -0.4 is 36.6 Å². The lowest BCUT2D eigenvalue weighted by atomic mass is 9.85. The lowest BCUT2D eigenvalue weighted by Gasteiger charge is -2.44. The standard InChI is InChI=1S/C65H85F4N13O8S/c1-40-36-81(37-41(2)78(40)7)52-31-50(66)47(29-51(52)76-60(88)48-35-71-56(86)30-49(48)65(67,68)69)45-33-73-63(74-34-45)80-26-24-79(25-27-80)57(87)22-21-54(84)70-23-15-13-11-9-8-10-12-14-16-55(85)77-59(64(4,5)6)62(90)82-38-46(83)28-53(82)61(89)72-32-43-17-19-44(20-18-43)58-42(3)75-39-91-58/h17-20,29-31,33-35,39-41,46,53,59,83H,8-16,21-28,32,36-38H2,1-7H3,(H,70,84)(H,71,86)(H,72,89)(H,76,88)(H,77,85)/t40-,41+,46-,53+,59-/m1/s1. The highest BCUT2D eigenvalue weighted by atomic mass is 32.1. The zero-order valence-electron chi connectivity index (χ0n) is 52.9. The van der Waals surface area contributed by atoms with Crippen molar-refractivity contribution in [3.05, 3.63) is 105 Å². The predicted octanol–water partition coefficient (Wildman–Crippen LogP) is 8.07. The first-order valence-electron chi connectivity index (χ1n) is 31.3. The molecule has 3 saturated heterocycles. The number of hydrogen-bond acceptors (Lipinski definition) is 15. The van der Waals surface area contributed by atoms with E-state index in [9.17, 15) is 51.8 Å². The van der Waals surface area contributed by atoms with Crippen molar-refractivity contribution in [3.63, 3.8) is 0 Å². The molecule has 8 rings (SSSR count). The van der Waals surface area contributed by atoms with Gasteiger partial charge in [-0.2, -0.15) is 13.2 Å². The number of anilines is 3. The molecule has 2 aromatic carbocycles. The molecule has 6 N–H and O–H groups in total. The fraction of sp³-hybridized carbons (Fsp3) is 0.538. The number of benzene rings is 2. The van der Waals surface area contributed by atoms with Crippen LogP contribution in [0.2, 0.25) is 0 Å². The van der Waals surface area contributed by atoms with Gasteiger partial charge in [-0.1, -0.05) is 83.6 Å². The van der Waals surface area contributed by atoms with Crippen molar-refractivity contribution in [1.82, 2.24) is 50.6 Å². The fourth-order valence-corrected chi connectivity index (χ4v) is 12.6. The second-order valence-electron chi connectivity index (χ2n) is 25.2. The average molecular weight is 1280 g/mol. The van der Waals surface area contributed by atoms with E-state index in [-0.39, 0.29) is 97.0 Å². The summed E-state index contributed by atoms with van der Waals surface area (Å²) in [6.45, 7) is 14.7. The molecule has 0 bridgehead atoms. The lowest BCUT2D eigenvalue weighted by Crippen LogP contribution is -2.57. The van der Waals surface area contributed by atoms with Crippen LogP contribution in [0, 0.1) is 18.2 Å². The number of likely N-dealkylation sites (tertiary alicyclic amines) is 1. The van der Waals surface area contributed by atoms with Gasteiger partial charge in [0.15, 0.2) is 0 Å². The fourth-order valence-electron chi connectivity index (χ4n) is 11.8. The molecule has 0 spiro atoms. The minimum atomic E-state index is -5.01. The summed E-state index contributed by atoms with van der Waals surface area (Å²) < 4.78 is 58.2. The van der Waals surface area contributed by atoms with Crippen LogP contribution in [0.25, 0.3) is 21.6 Å². The molecule has 21 nitrogen and oxygen atoms in total. The number of pyridine rings is 1. The number of aryl methyl sites for hydroxylation is 1. The maximum atomic E-state index is 16.2. The Hall–Kier alpha value is -7.84. The molecule has 0 unspecified atom stereocenters. The topological polar surface area (TPSA) is 258 Å². The number of aromatic nitrogens is 4. The first kappa shape index (κ1) is 69.1. The molecule has 6 heterocycles. The van der Waals surface area contributed by atoms with Crippen molar-refractivity contribution in [1.29, 1.82) is 0 Å². The Kier molecular flexibility index (Phi) is 23.5. The third-order valence-corrected chi connectivity index (χ3v) is 18.3. The molecule has 3 fully saturated rings. The number of aliphatic hydroxyl groups is 1. The SMILES string of the molecule is Cc1ncsc1-c1ccc(CNC(=O)[C@@H]2C[C@@H](O)CN2C(=O)[C@@H](NC(=O)CCCCCCCCCCNC(=O)CCC(=O)N2CCN(c3ncc(-c4cc(NC(=O)c5c[nH]c(=O)cc5C(F)(F)F)c(N5C[C@@H](C)N(C)[C@@H](C)C5)cc4F)cn3)CC2)C(C)(C)C)cc1. The van der Waals surface area contributed by atoms with Gasteiger partial charge in [-0.3, -0.25) is 38.5 Å². The van der Waals surface area contributed by atoms with Gasteiger partial charge in [0.05, 0.1) is 44.7 Å². The molecule has 26 heteroatoms. The normalized spacial score (nSPS) is 18.5. The largest absolute Gasteiger partial charge is 0.417 e. The summed E-state index contributed by atoms with van der Waals surface area (Å²) in [7, 11) is 1.96. The summed E-state index contributed by atoms with van der Waals surface area (Å²) in [5.41, 5.74) is 1.31. The predicted molar refractivity (Wildman–Crippen MR) is 341 cm³/mol. The van der Waals surface area contributed by atoms with Crippen LogP contribution in [0.4, 0.5) is 34.9 Å². The number of hydrogen-bond donors (Lipinski definition) is 6. The van der Waals surface area contributed by atoms with E-state index in [1.54, 1.807) is 21.7 Å². The third kappa shape index (κ3) is 18.4. The van der Waals surface area contributed by atoms with Crippen LogP contribution in [0.3, 0.4) is 0 Å². The lowest BCUT2D eigenvalue weighted by molar-refractivity contribution is -0.144. The van der Waals surface area contributed by atoms with E-state index in [2.05, 4.69) is 46.1 Å². The Morgan fingerprint density at radius 3 is 2.05 bits per heavy atom. The van der Waals surface area contributed by atoms with E-state index < -0.39 is 64.1 Å². The molecular formula is C65H85F4N13O8S. The Bertz CT molecular complexity index is 3390. The number of aromatic amines is 1. The number of rotatable bonds is 25. The minimum Gasteiger partial charge on any atom is -0.391 e. The van der Waals surface area contributed by atoms with Crippen LogP contribution in [0.15, 0.2) is 71.4 Å². The number of H-pyrrole nitrogens is 1. The van der Waals surface area contributed by atoms with Crippen molar-refractivity contribution >= 4 is 64.1 Å². The number of aliphatic hydroxyl groups excluding tert-OH is 1. The summed E-state index contributed by atoms with van der Waals surface area (Å²) in [5.74, 6) is -2.85. The molecule has 492 valence electrons. The van der Waals surface area contributed by atoms with Gasteiger partial charge in [0.2, 0.25) is 41.0 Å². The minimum absolute atomic E-state index is 0.000925. The highest BCUT2D eigenvalue weighted by molar-refractivity contribution is 7.13. The van der Waals surface area contributed by atoms with Gasteiger partial charge in [-0.05, 0) is 69.3 Å². The number of thiazole rings is 1. The molecule has 0 radical (unpaired) electrons. The summed E-state index contributed by atoms with van der Waals surface area (Å²) in [4.78, 5) is 118. The first-order valence-corrected chi connectivity index (χ1v) is 32.2. The summed E-state index contributed by atoms with van der Waals surface area (Å²) in [5, 5.41) is 22.0. The molecule has 3 aromatic heterocycles. The quantitative estimate of drug-likeness (QED) is 0.0239. The Labute approximate surface area is 532 Å². The number of alkyl halides is 3. The van der Waals surface area contributed by atoms with Crippen LogP contribution in [-0.2, 0) is 36.7 Å². The first-order chi connectivity index (χ1) is 43.2. The highest BCUT2D eigenvalue weighted by Gasteiger charge is 2.45. The number of nitrogens with one attached hydrogen (secondary N) is 5. The molecule has 5 atom stereocenters. The molecule has 91 heavy (non-hydrogen) atoms. The van der Waals surface area contributed by atoms with Gasteiger partial charge in [0, 0.05) is 132 Å². The molecule has 3 aliphatic heterocycles. The number of nitrogens with zero attached hydrogens (tertiary/aromatic N) is 8. The molecular weight excluding hydrogens is 1200 g/mol. The zero-order chi connectivity index (χ0) is 65.7.